The first-order valence-corrected chi connectivity index (χ1v) is 20.0. The first kappa shape index (κ1) is 46.0. The van der Waals surface area contributed by atoms with Gasteiger partial charge in [-0.3, -0.25) is 9.59 Å². The van der Waals surface area contributed by atoms with Crippen molar-refractivity contribution >= 4 is 11.9 Å². The van der Waals surface area contributed by atoms with Gasteiger partial charge in [-0.05, 0) is 32.1 Å². The highest BCUT2D eigenvalue weighted by Crippen LogP contribution is 2.29. The molecule has 45 heavy (non-hydrogen) atoms. The van der Waals surface area contributed by atoms with Gasteiger partial charge in [0.05, 0.1) is 5.60 Å². The number of aliphatic hydroxyl groups is 1. The van der Waals surface area contributed by atoms with Crippen LogP contribution in [0.3, 0.4) is 0 Å². The van der Waals surface area contributed by atoms with Gasteiger partial charge < -0.3 is 15.3 Å². The van der Waals surface area contributed by atoms with Crippen LogP contribution in [0.5, 0.6) is 0 Å². The van der Waals surface area contributed by atoms with Gasteiger partial charge in [0.2, 0.25) is 0 Å². The van der Waals surface area contributed by atoms with Gasteiger partial charge in [-0.2, -0.15) is 0 Å². The quantitative estimate of drug-likeness (QED) is 0.0599. The number of carboxylic acids is 2. The molecule has 0 bridgehead atoms. The maximum atomic E-state index is 11.3. The Morgan fingerprint density at radius 1 is 0.356 bits per heavy atom. The highest BCUT2D eigenvalue weighted by atomic mass is 16.4. The van der Waals surface area contributed by atoms with Crippen molar-refractivity contribution < 1.29 is 24.9 Å². The molecule has 0 atom stereocenters. The predicted octanol–water partition coefficient (Wildman–Crippen LogP) is 13.2. The molecule has 0 radical (unpaired) electrons. The Morgan fingerprint density at radius 3 is 0.778 bits per heavy atom. The number of hydrogen-bond donors (Lipinski definition) is 3. The standard InChI is InChI=1S/C28H58O.C12H22O4/c1-4-7-10-13-16-17-18-21-24-27-28(29,25-22-19-14-11-8-5-2)26-23-20-15-12-9-6-3;13-11(14)9-7-5-3-1-2-4-6-8-10-12(15)16/h29H,4-27H2,1-3H3;1-10H2,(H,13,14)(H,15,16). The minimum absolute atomic E-state index is 0.276. The van der Waals surface area contributed by atoms with Gasteiger partial charge in [-0.1, -0.05) is 194 Å². The van der Waals surface area contributed by atoms with Crippen molar-refractivity contribution in [3.8, 4) is 0 Å². The largest absolute Gasteiger partial charge is 0.481 e. The van der Waals surface area contributed by atoms with E-state index in [4.69, 9.17) is 10.2 Å². The lowest BCUT2D eigenvalue weighted by molar-refractivity contribution is -0.138. The van der Waals surface area contributed by atoms with Crippen molar-refractivity contribution in [2.24, 2.45) is 0 Å². The first-order chi connectivity index (χ1) is 21.8. The van der Waals surface area contributed by atoms with Gasteiger partial charge in [0.1, 0.15) is 0 Å². The average molecular weight is 641 g/mol. The molecule has 0 unspecified atom stereocenters. The molecule has 0 spiro atoms. The van der Waals surface area contributed by atoms with E-state index in [-0.39, 0.29) is 18.4 Å². The monoisotopic (exact) mass is 641 g/mol. The lowest BCUT2D eigenvalue weighted by Gasteiger charge is -2.29. The van der Waals surface area contributed by atoms with E-state index in [1.54, 1.807) is 0 Å². The summed E-state index contributed by atoms with van der Waals surface area (Å²) in [4.78, 5) is 20.4. The summed E-state index contributed by atoms with van der Waals surface area (Å²) in [6.07, 6.45) is 40.0. The molecule has 270 valence electrons. The minimum Gasteiger partial charge on any atom is -0.481 e. The molecule has 0 aliphatic heterocycles. The zero-order valence-electron chi connectivity index (χ0n) is 30.7. The fraction of sp³-hybridized carbons (Fsp3) is 0.950. The second-order valence-electron chi connectivity index (χ2n) is 14.0. The molecule has 3 N–H and O–H groups in total. The molecule has 5 nitrogen and oxygen atoms in total. The Balaban J connectivity index is 0. The molecule has 0 heterocycles. The fourth-order valence-corrected chi connectivity index (χ4v) is 6.22. The Hall–Kier alpha value is -1.10. The van der Waals surface area contributed by atoms with Crippen LogP contribution in [0.2, 0.25) is 0 Å². The minimum atomic E-state index is -0.714. The van der Waals surface area contributed by atoms with Crippen LogP contribution in [0, 0.1) is 0 Å². The Kier molecular flexibility index (Phi) is 38.2. The summed E-state index contributed by atoms with van der Waals surface area (Å²) in [6, 6.07) is 0. The molecule has 0 saturated carbocycles. The summed E-state index contributed by atoms with van der Waals surface area (Å²) >= 11 is 0. The van der Waals surface area contributed by atoms with Crippen molar-refractivity contribution in [3.63, 3.8) is 0 Å². The molecule has 0 aliphatic rings. The van der Waals surface area contributed by atoms with Crippen LogP contribution in [0.25, 0.3) is 0 Å². The zero-order chi connectivity index (χ0) is 33.7. The van der Waals surface area contributed by atoms with E-state index < -0.39 is 11.9 Å². The maximum Gasteiger partial charge on any atom is 0.303 e. The third kappa shape index (κ3) is 40.9. The summed E-state index contributed by atoms with van der Waals surface area (Å²) in [6.45, 7) is 6.85. The van der Waals surface area contributed by atoms with Crippen molar-refractivity contribution in [3.05, 3.63) is 0 Å². The van der Waals surface area contributed by atoms with Crippen molar-refractivity contribution in [2.75, 3.05) is 0 Å². The van der Waals surface area contributed by atoms with Crippen molar-refractivity contribution in [2.45, 2.75) is 245 Å². The lowest BCUT2D eigenvalue weighted by atomic mass is 9.85. The molecule has 0 aromatic carbocycles. The average Bonchev–Trinajstić information content (AvgIpc) is 3.01. The normalized spacial score (nSPS) is 11.4. The van der Waals surface area contributed by atoms with Gasteiger partial charge in [0, 0.05) is 12.8 Å². The SMILES string of the molecule is CCCCCCCCCCCC(O)(CCCCCCCC)CCCCCCCC.O=C(O)CCCCCCCCCCC(=O)O. The summed E-state index contributed by atoms with van der Waals surface area (Å²) in [5, 5.41) is 28.1. The van der Waals surface area contributed by atoms with Crippen molar-refractivity contribution in [1.82, 2.24) is 0 Å². The molecule has 0 fully saturated rings. The van der Waals surface area contributed by atoms with E-state index in [0.29, 0.717) is 0 Å². The summed E-state index contributed by atoms with van der Waals surface area (Å²) in [5.41, 5.74) is -0.364. The summed E-state index contributed by atoms with van der Waals surface area (Å²) in [7, 11) is 0. The number of rotatable bonds is 35. The van der Waals surface area contributed by atoms with Crippen LogP contribution in [0.15, 0.2) is 0 Å². The van der Waals surface area contributed by atoms with E-state index in [2.05, 4.69) is 20.8 Å². The second-order valence-corrected chi connectivity index (χ2v) is 14.0. The highest BCUT2D eigenvalue weighted by Gasteiger charge is 2.25. The molecule has 0 aromatic rings. The van der Waals surface area contributed by atoms with Gasteiger partial charge in [-0.15, -0.1) is 0 Å². The number of carboxylic acid groups (broad SMARTS) is 2. The van der Waals surface area contributed by atoms with E-state index in [1.165, 1.54) is 135 Å². The Morgan fingerprint density at radius 2 is 0.556 bits per heavy atom. The lowest BCUT2D eigenvalue weighted by Crippen LogP contribution is -2.28. The van der Waals surface area contributed by atoms with Crippen LogP contribution in [-0.4, -0.2) is 32.9 Å². The summed E-state index contributed by atoms with van der Waals surface area (Å²) < 4.78 is 0. The molecule has 0 saturated heterocycles. The zero-order valence-corrected chi connectivity index (χ0v) is 30.7. The van der Waals surface area contributed by atoms with E-state index in [9.17, 15) is 14.7 Å². The second kappa shape index (κ2) is 37.4. The van der Waals surface area contributed by atoms with Gasteiger partial charge >= 0.3 is 11.9 Å². The molecule has 0 rings (SSSR count). The van der Waals surface area contributed by atoms with E-state index >= 15 is 0 Å². The number of carbonyl (C=O) groups is 2. The molecule has 0 aromatic heterocycles. The molecule has 0 amide bonds. The summed E-state index contributed by atoms with van der Waals surface area (Å²) in [5.74, 6) is -1.43. The first-order valence-electron chi connectivity index (χ1n) is 20.0. The van der Waals surface area contributed by atoms with Crippen LogP contribution in [0.4, 0.5) is 0 Å². The Bertz CT molecular complexity index is 567. The van der Waals surface area contributed by atoms with Crippen LogP contribution < -0.4 is 0 Å². The molecule has 0 aliphatic carbocycles. The molecule has 5 heteroatoms. The van der Waals surface area contributed by atoms with E-state index in [0.717, 1.165) is 70.6 Å². The van der Waals surface area contributed by atoms with Crippen molar-refractivity contribution in [1.29, 1.82) is 0 Å². The topological polar surface area (TPSA) is 94.8 Å². The number of hydrogen-bond acceptors (Lipinski definition) is 3. The van der Waals surface area contributed by atoms with Gasteiger partial charge in [0.15, 0.2) is 0 Å². The van der Waals surface area contributed by atoms with Gasteiger partial charge in [0.25, 0.3) is 0 Å². The molecular weight excluding hydrogens is 560 g/mol. The Labute approximate surface area is 281 Å². The van der Waals surface area contributed by atoms with Gasteiger partial charge in [-0.25, -0.2) is 0 Å². The van der Waals surface area contributed by atoms with E-state index in [1.807, 2.05) is 0 Å². The number of aliphatic carboxylic acids is 2. The fourth-order valence-electron chi connectivity index (χ4n) is 6.22. The highest BCUT2D eigenvalue weighted by molar-refractivity contribution is 5.66. The van der Waals surface area contributed by atoms with Crippen LogP contribution in [0.1, 0.15) is 239 Å². The van der Waals surface area contributed by atoms with Crippen LogP contribution >= 0.6 is 0 Å². The number of unbranched alkanes of at least 4 members (excludes halogenated alkanes) is 25. The third-order valence-electron chi connectivity index (χ3n) is 9.27. The molecular formula is C40H80O5. The van der Waals surface area contributed by atoms with Crippen LogP contribution in [-0.2, 0) is 9.59 Å². The smallest absolute Gasteiger partial charge is 0.303 e. The predicted molar refractivity (Wildman–Crippen MR) is 194 cm³/mol. The maximum absolute atomic E-state index is 11.3. The third-order valence-corrected chi connectivity index (χ3v) is 9.27.